The van der Waals surface area contributed by atoms with Crippen molar-refractivity contribution in [3.63, 3.8) is 0 Å². The van der Waals surface area contributed by atoms with Crippen LogP contribution in [0.2, 0.25) is 0 Å². The highest BCUT2D eigenvalue weighted by Crippen LogP contribution is 2.34. The lowest BCUT2D eigenvalue weighted by Gasteiger charge is -2.11. The van der Waals surface area contributed by atoms with E-state index in [1.54, 1.807) is 0 Å². The number of hydrogen-bond acceptors (Lipinski definition) is 4. The van der Waals surface area contributed by atoms with E-state index >= 15 is 0 Å². The topological polar surface area (TPSA) is 48.1 Å². The summed E-state index contributed by atoms with van der Waals surface area (Å²) in [5.74, 6) is -0.734. The van der Waals surface area contributed by atoms with E-state index in [9.17, 15) is 4.79 Å². The predicted octanol–water partition coefficient (Wildman–Crippen LogP) is 3.28. The summed E-state index contributed by atoms with van der Waals surface area (Å²) in [5.41, 5.74) is 1.26. The molecule has 1 atom stereocenters. The van der Waals surface area contributed by atoms with E-state index in [-0.39, 0.29) is 0 Å². The molecule has 1 aliphatic heterocycles. The van der Waals surface area contributed by atoms with Gasteiger partial charge in [-0.1, -0.05) is 28.1 Å². The maximum atomic E-state index is 11.0. The summed E-state index contributed by atoms with van der Waals surface area (Å²) in [4.78, 5) is 11.0. The SMILES string of the molecule is COC(=O)OC1(CCCc2ccc(Br)cc2)CO1. The highest BCUT2D eigenvalue weighted by atomic mass is 79.9. The Balaban J connectivity index is 1.75. The van der Waals surface area contributed by atoms with Gasteiger partial charge in [0.05, 0.1) is 7.11 Å². The van der Waals surface area contributed by atoms with Crippen molar-refractivity contribution in [2.24, 2.45) is 0 Å². The van der Waals surface area contributed by atoms with Gasteiger partial charge in [0, 0.05) is 10.9 Å². The Morgan fingerprint density at radius 3 is 2.67 bits per heavy atom. The number of methoxy groups -OCH3 is 1. The fourth-order valence-corrected chi connectivity index (χ4v) is 2.01. The average Bonchev–Trinajstić information content (AvgIpc) is 3.11. The molecule has 1 unspecified atom stereocenters. The molecule has 1 aromatic carbocycles. The standard InChI is InChI=1S/C13H15BrO4/c1-16-12(15)18-13(9-17-13)8-2-3-10-4-6-11(14)7-5-10/h4-7H,2-3,8-9H2,1H3. The van der Waals surface area contributed by atoms with Crippen molar-refractivity contribution in [3.8, 4) is 0 Å². The Labute approximate surface area is 114 Å². The van der Waals surface area contributed by atoms with Crippen molar-refractivity contribution in [1.82, 2.24) is 0 Å². The Hall–Kier alpha value is -1.07. The highest BCUT2D eigenvalue weighted by molar-refractivity contribution is 9.10. The van der Waals surface area contributed by atoms with E-state index in [1.807, 2.05) is 12.1 Å². The number of halogens is 1. The summed E-state index contributed by atoms with van der Waals surface area (Å²) in [6, 6.07) is 8.19. The monoisotopic (exact) mass is 314 g/mol. The maximum Gasteiger partial charge on any atom is 0.510 e. The second kappa shape index (κ2) is 5.71. The number of carbonyl (C=O) groups is 1. The number of ether oxygens (including phenoxy) is 3. The number of benzene rings is 1. The molecule has 2 rings (SSSR count). The summed E-state index contributed by atoms with van der Waals surface area (Å²) in [5, 5.41) is 0. The molecule has 1 saturated heterocycles. The second-order valence-corrected chi connectivity index (χ2v) is 5.15. The molecule has 98 valence electrons. The van der Waals surface area contributed by atoms with Crippen LogP contribution in [0.5, 0.6) is 0 Å². The maximum absolute atomic E-state index is 11.0. The summed E-state index contributed by atoms with van der Waals surface area (Å²) >= 11 is 3.40. The molecule has 0 aromatic heterocycles. The van der Waals surface area contributed by atoms with Crippen molar-refractivity contribution in [2.45, 2.75) is 25.0 Å². The van der Waals surface area contributed by atoms with Gasteiger partial charge < -0.3 is 14.2 Å². The van der Waals surface area contributed by atoms with Gasteiger partial charge in [-0.05, 0) is 30.5 Å². The molecule has 0 spiro atoms. The first-order valence-electron chi connectivity index (χ1n) is 5.79. The molecule has 0 N–H and O–H groups in total. The Morgan fingerprint density at radius 2 is 2.11 bits per heavy atom. The van der Waals surface area contributed by atoms with Crippen molar-refractivity contribution in [3.05, 3.63) is 34.3 Å². The lowest BCUT2D eigenvalue weighted by molar-refractivity contribution is -0.0320. The molecule has 18 heavy (non-hydrogen) atoms. The molecular formula is C13H15BrO4. The first-order chi connectivity index (χ1) is 8.63. The van der Waals surface area contributed by atoms with Crippen LogP contribution in [0.1, 0.15) is 18.4 Å². The van der Waals surface area contributed by atoms with Crippen molar-refractivity contribution in [1.29, 1.82) is 0 Å². The molecular weight excluding hydrogens is 300 g/mol. The normalized spacial score (nSPS) is 21.4. The first kappa shape index (κ1) is 13.4. The third-order valence-electron chi connectivity index (χ3n) is 2.84. The van der Waals surface area contributed by atoms with Gasteiger partial charge in [-0.25, -0.2) is 4.79 Å². The van der Waals surface area contributed by atoms with Crippen LogP contribution in [0.25, 0.3) is 0 Å². The molecule has 4 nitrogen and oxygen atoms in total. The Bertz CT molecular complexity index is 412. The zero-order valence-electron chi connectivity index (χ0n) is 10.1. The number of epoxide rings is 1. The largest absolute Gasteiger partial charge is 0.510 e. The van der Waals surface area contributed by atoms with Gasteiger partial charge in [0.2, 0.25) is 5.79 Å². The minimum absolute atomic E-state index is 0.461. The van der Waals surface area contributed by atoms with Gasteiger partial charge in [0.25, 0.3) is 0 Å². The summed E-state index contributed by atoms with van der Waals surface area (Å²) in [7, 11) is 1.29. The van der Waals surface area contributed by atoms with Crippen LogP contribution in [-0.2, 0) is 20.6 Å². The molecule has 5 heteroatoms. The minimum Gasteiger partial charge on any atom is -0.438 e. The molecule has 0 aliphatic carbocycles. The molecule has 0 saturated carbocycles. The molecule has 1 aromatic rings. The van der Waals surface area contributed by atoms with Crippen molar-refractivity contribution < 1.29 is 19.0 Å². The van der Waals surface area contributed by atoms with E-state index < -0.39 is 11.9 Å². The van der Waals surface area contributed by atoms with Gasteiger partial charge in [-0.3, -0.25) is 0 Å². The van der Waals surface area contributed by atoms with Crippen LogP contribution in [-0.4, -0.2) is 25.7 Å². The van der Waals surface area contributed by atoms with E-state index in [0.29, 0.717) is 13.0 Å². The van der Waals surface area contributed by atoms with Crippen LogP contribution in [0.3, 0.4) is 0 Å². The molecule has 1 fully saturated rings. The van der Waals surface area contributed by atoms with E-state index in [4.69, 9.17) is 9.47 Å². The highest BCUT2D eigenvalue weighted by Gasteiger charge is 2.49. The zero-order valence-corrected chi connectivity index (χ0v) is 11.7. The third-order valence-corrected chi connectivity index (χ3v) is 3.37. The lowest BCUT2D eigenvalue weighted by atomic mass is 10.1. The van der Waals surface area contributed by atoms with E-state index in [0.717, 1.165) is 17.3 Å². The molecule has 1 aliphatic rings. The van der Waals surface area contributed by atoms with E-state index in [2.05, 4.69) is 32.8 Å². The Morgan fingerprint density at radius 1 is 1.44 bits per heavy atom. The van der Waals surface area contributed by atoms with Crippen LogP contribution < -0.4 is 0 Å². The Kier molecular flexibility index (Phi) is 4.24. The van der Waals surface area contributed by atoms with Crippen molar-refractivity contribution in [2.75, 3.05) is 13.7 Å². The first-order valence-corrected chi connectivity index (χ1v) is 6.58. The molecule has 1 heterocycles. The van der Waals surface area contributed by atoms with Gasteiger partial charge in [0.1, 0.15) is 6.61 Å². The summed E-state index contributed by atoms with van der Waals surface area (Å²) < 4.78 is 15.8. The van der Waals surface area contributed by atoms with Gasteiger partial charge in [0.15, 0.2) is 0 Å². The number of aryl methyl sites for hydroxylation is 1. The summed E-state index contributed by atoms with van der Waals surface area (Å²) in [6.07, 6.45) is 1.84. The number of hydrogen-bond donors (Lipinski definition) is 0. The predicted molar refractivity (Wildman–Crippen MR) is 69.3 cm³/mol. The molecule has 0 bridgehead atoms. The van der Waals surface area contributed by atoms with Crippen molar-refractivity contribution >= 4 is 22.1 Å². The van der Waals surface area contributed by atoms with Gasteiger partial charge in [-0.15, -0.1) is 0 Å². The van der Waals surface area contributed by atoms with Gasteiger partial charge >= 0.3 is 6.16 Å². The number of rotatable bonds is 5. The van der Waals surface area contributed by atoms with Crippen LogP contribution >= 0.6 is 15.9 Å². The molecule has 0 radical (unpaired) electrons. The van der Waals surface area contributed by atoms with Crippen LogP contribution in [0.4, 0.5) is 4.79 Å². The minimum atomic E-state index is -0.734. The number of carbonyl (C=O) groups excluding carboxylic acids is 1. The smallest absolute Gasteiger partial charge is 0.438 e. The fourth-order valence-electron chi connectivity index (χ4n) is 1.74. The van der Waals surface area contributed by atoms with Crippen LogP contribution in [0, 0.1) is 0 Å². The summed E-state index contributed by atoms with van der Waals surface area (Å²) in [6.45, 7) is 0.461. The second-order valence-electron chi connectivity index (χ2n) is 4.24. The quantitative estimate of drug-likeness (QED) is 0.618. The third kappa shape index (κ3) is 3.71. The fraction of sp³-hybridized carbons (Fsp3) is 0.462. The van der Waals surface area contributed by atoms with Crippen LogP contribution in [0.15, 0.2) is 28.7 Å². The zero-order chi connectivity index (χ0) is 13.0. The van der Waals surface area contributed by atoms with E-state index in [1.165, 1.54) is 12.7 Å². The van der Waals surface area contributed by atoms with Gasteiger partial charge in [-0.2, -0.15) is 0 Å². The average molecular weight is 315 g/mol. The molecule has 0 amide bonds. The lowest BCUT2D eigenvalue weighted by Crippen LogP contribution is -2.21.